The molecule has 0 radical (unpaired) electrons. The van der Waals surface area contributed by atoms with Gasteiger partial charge in [0, 0.05) is 24.7 Å². The van der Waals surface area contributed by atoms with Crippen molar-refractivity contribution < 1.29 is 0 Å². The van der Waals surface area contributed by atoms with Crippen molar-refractivity contribution >= 4 is 11.6 Å². The monoisotopic (exact) mass is 224 g/mol. The van der Waals surface area contributed by atoms with Gasteiger partial charge in [0.25, 0.3) is 0 Å². The molecule has 0 unspecified atom stereocenters. The summed E-state index contributed by atoms with van der Waals surface area (Å²) >= 11 is 5.98. The van der Waals surface area contributed by atoms with Crippen molar-refractivity contribution in [1.29, 1.82) is 0 Å². The van der Waals surface area contributed by atoms with Crippen molar-refractivity contribution in [2.45, 2.75) is 26.3 Å². The minimum Gasteiger partial charge on any atom is -0.251 e. The maximum atomic E-state index is 5.98. The molecule has 1 fully saturated rings. The van der Waals surface area contributed by atoms with Gasteiger partial charge in [0.05, 0.1) is 0 Å². The Labute approximate surface area is 96.2 Å². The first-order valence-corrected chi connectivity index (χ1v) is 5.87. The molecule has 2 rings (SSSR count). The van der Waals surface area contributed by atoms with Crippen LogP contribution in [0.25, 0.3) is 0 Å². The number of hydrogen-bond acceptors (Lipinski definition) is 2. The van der Waals surface area contributed by atoms with Crippen molar-refractivity contribution in [2.75, 3.05) is 13.1 Å². The normalized spacial score (nSPS) is 17.2. The molecule has 0 aliphatic carbocycles. The molecule has 1 N–H and O–H groups in total. The lowest BCUT2D eigenvalue weighted by Crippen LogP contribution is -2.34. The van der Waals surface area contributed by atoms with E-state index in [1.807, 2.05) is 13.0 Å². The Kier molecular flexibility index (Phi) is 3.62. The van der Waals surface area contributed by atoms with Gasteiger partial charge in [-0.05, 0) is 37.0 Å². The Morgan fingerprint density at radius 1 is 1.33 bits per heavy atom. The van der Waals surface area contributed by atoms with E-state index in [1.165, 1.54) is 31.5 Å². The molecule has 15 heavy (non-hydrogen) atoms. The van der Waals surface area contributed by atoms with Crippen LogP contribution in [-0.4, -0.2) is 18.1 Å². The van der Waals surface area contributed by atoms with Crippen LogP contribution in [-0.2, 0) is 6.54 Å². The molecular weight excluding hydrogens is 208 g/mol. The summed E-state index contributed by atoms with van der Waals surface area (Å²) in [4.78, 5) is 0. The van der Waals surface area contributed by atoms with Gasteiger partial charge in [0.2, 0.25) is 0 Å². The number of rotatable bonds is 3. The lowest BCUT2D eigenvalue weighted by Gasteiger charge is -2.16. The number of aryl methyl sites for hydroxylation is 1. The summed E-state index contributed by atoms with van der Waals surface area (Å²) in [6.45, 7) is 5.29. The number of benzene rings is 1. The number of nitrogens with one attached hydrogen (secondary N) is 1. The summed E-state index contributed by atoms with van der Waals surface area (Å²) in [5, 5.41) is 3.14. The predicted molar refractivity (Wildman–Crippen MR) is 63.8 cm³/mol. The second kappa shape index (κ2) is 4.97. The molecule has 1 aromatic carbocycles. The van der Waals surface area contributed by atoms with Crippen LogP contribution in [0.3, 0.4) is 0 Å². The molecule has 82 valence electrons. The number of nitrogens with zero attached hydrogens (tertiary/aromatic N) is 1. The first-order chi connectivity index (χ1) is 7.25. The highest BCUT2D eigenvalue weighted by Gasteiger charge is 2.10. The van der Waals surface area contributed by atoms with Crippen molar-refractivity contribution in [3.05, 3.63) is 34.3 Å². The fraction of sp³-hybridized carbons (Fsp3) is 0.500. The third-order valence-electron chi connectivity index (χ3n) is 2.84. The second-order valence-electron chi connectivity index (χ2n) is 4.11. The zero-order chi connectivity index (χ0) is 10.7. The van der Waals surface area contributed by atoms with Crippen molar-refractivity contribution in [1.82, 2.24) is 10.4 Å². The fourth-order valence-corrected chi connectivity index (χ4v) is 2.01. The van der Waals surface area contributed by atoms with Crippen LogP contribution in [0.1, 0.15) is 24.0 Å². The molecule has 1 aliphatic heterocycles. The van der Waals surface area contributed by atoms with E-state index in [1.54, 1.807) is 0 Å². The molecular formula is C12H17ClN2. The summed E-state index contributed by atoms with van der Waals surface area (Å²) in [5.74, 6) is 0. The van der Waals surface area contributed by atoms with Crippen molar-refractivity contribution in [2.24, 2.45) is 0 Å². The van der Waals surface area contributed by atoms with Crippen LogP contribution in [0.5, 0.6) is 0 Å². The quantitative estimate of drug-likeness (QED) is 0.850. The van der Waals surface area contributed by atoms with Crippen LogP contribution < -0.4 is 5.43 Å². The summed E-state index contributed by atoms with van der Waals surface area (Å²) in [7, 11) is 0. The van der Waals surface area contributed by atoms with Gasteiger partial charge in [0.1, 0.15) is 0 Å². The Hall–Kier alpha value is -0.570. The molecule has 0 spiro atoms. The third kappa shape index (κ3) is 2.94. The van der Waals surface area contributed by atoms with E-state index in [4.69, 9.17) is 11.6 Å². The Bertz CT molecular complexity index is 332. The molecule has 1 saturated heterocycles. The van der Waals surface area contributed by atoms with E-state index < -0.39 is 0 Å². The summed E-state index contributed by atoms with van der Waals surface area (Å²) in [5.41, 5.74) is 5.88. The Balaban J connectivity index is 1.90. The molecule has 0 amide bonds. The molecule has 2 nitrogen and oxygen atoms in total. The fourth-order valence-electron chi connectivity index (χ4n) is 1.90. The maximum absolute atomic E-state index is 5.98. The average molecular weight is 225 g/mol. The number of halogens is 1. The van der Waals surface area contributed by atoms with E-state index in [0.717, 1.165) is 17.1 Å². The van der Waals surface area contributed by atoms with Crippen LogP contribution in [0.15, 0.2) is 18.2 Å². The lowest BCUT2D eigenvalue weighted by atomic mass is 10.1. The SMILES string of the molecule is Cc1cc(CNN2CCCC2)ccc1Cl. The van der Waals surface area contributed by atoms with E-state index in [9.17, 15) is 0 Å². The molecule has 1 aromatic rings. The van der Waals surface area contributed by atoms with Crippen molar-refractivity contribution in [3.8, 4) is 0 Å². The van der Waals surface area contributed by atoms with Crippen molar-refractivity contribution in [3.63, 3.8) is 0 Å². The maximum Gasteiger partial charge on any atom is 0.0435 e. The molecule has 0 bridgehead atoms. The topological polar surface area (TPSA) is 15.3 Å². The lowest BCUT2D eigenvalue weighted by molar-refractivity contribution is 0.232. The first-order valence-electron chi connectivity index (χ1n) is 5.49. The zero-order valence-corrected chi connectivity index (χ0v) is 9.85. The molecule has 0 aromatic heterocycles. The van der Waals surface area contributed by atoms with Gasteiger partial charge in [-0.2, -0.15) is 0 Å². The molecule has 0 atom stereocenters. The number of hydrazine groups is 1. The minimum absolute atomic E-state index is 0.847. The minimum atomic E-state index is 0.847. The largest absolute Gasteiger partial charge is 0.251 e. The highest BCUT2D eigenvalue weighted by atomic mass is 35.5. The van der Waals surface area contributed by atoms with Crippen LogP contribution >= 0.6 is 11.6 Å². The third-order valence-corrected chi connectivity index (χ3v) is 3.26. The molecule has 3 heteroatoms. The Morgan fingerprint density at radius 2 is 2.07 bits per heavy atom. The highest BCUT2D eigenvalue weighted by Crippen LogP contribution is 2.16. The van der Waals surface area contributed by atoms with Gasteiger partial charge in [0.15, 0.2) is 0 Å². The molecule has 1 heterocycles. The second-order valence-corrected chi connectivity index (χ2v) is 4.52. The smallest absolute Gasteiger partial charge is 0.0435 e. The van der Waals surface area contributed by atoms with Gasteiger partial charge in [-0.25, -0.2) is 5.01 Å². The van der Waals surface area contributed by atoms with E-state index in [-0.39, 0.29) is 0 Å². The van der Waals surface area contributed by atoms with E-state index in [2.05, 4.69) is 22.6 Å². The van der Waals surface area contributed by atoms with Gasteiger partial charge < -0.3 is 0 Å². The van der Waals surface area contributed by atoms with Gasteiger partial charge in [-0.15, -0.1) is 0 Å². The Morgan fingerprint density at radius 3 is 2.73 bits per heavy atom. The highest BCUT2D eigenvalue weighted by molar-refractivity contribution is 6.31. The molecule has 0 saturated carbocycles. The predicted octanol–water partition coefficient (Wildman–Crippen LogP) is 2.75. The van der Waals surface area contributed by atoms with Crippen LogP contribution in [0, 0.1) is 6.92 Å². The van der Waals surface area contributed by atoms with Crippen LogP contribution in [0.2, 0.25) is 5.02 Å². The van der Waals surface area contributed by atoms with Gasteiger partial charge in [-0.1, -0.05) is 23.7 Å². The summed E-state index contributed by atoms with van der Waals surface area (Å²) in [6.07, 6.45) is 2.62. The summed E-state index contributed by atoms with van der Waals surface area (Å²) in [6, 6.07) is 6.20. The van der Waals surface area contributed by atoms with Crippen LogP contribution in [0.4, 0.5) is 0 Å². The average Bonchev–Trinajstić information content (AvgIpc) is 2.73. The van der Waals surface area contributed by atoms with E-state index >= 15 is 0 Å². The zero-order valence-electron chi connectivity index (χ0n) is 9.09. The van der Waals surface area contributed by atoms with Gasteiger partial charge in [-0.3, -0.25) is 5.43 Å². The van der Waals surface area contributed by atoms with E-state index in [0.29, 0.717) is 0 Å². The summed E-state index contributed by atoms with van der Waals surface area (Å²) < 4.78 is 0. The van der Waals surface area contributed by atoms with Gasteiger partial charge >= 0.3 is 0 Å². The first kappa shape index (κ1) is 10.9. The molecule has 1 aliphatic rings. The number of hydrogen-bond donors (Lipinski definition) is 1. The standard InChI is InChI=1S/C12H17ClN2/c1-10-8-11(4-5-12(10)13)9-14-15-6-2-3-7-15/h4-5,8,14H,2-3,6-7,9H2,1H3.